The van der Waals surface area contributed by atoms with Crippen LogP contribution in [0.3, 0.4) is 0 Å². The van der Waals surface area contributed by atoms with E-state index in [0.717, 1.165) is 16.5 Å². The number of aryl methyl sites for hydroxylation is 1. The van der Waals surface area contributed by atoms with Crippen LogP contribution in [-0.2, 0) is 0 Å². The van der Waals surface area contributed by atoms with E-state index in [4.69, 9.17) is 11.6 Å². The van der Waals surface area contributed by atoms with Crippen LogP contribution in [0.1, 0.15) is 15.9 Å². The second-order valence-electron chi connectivity index (χ2n) is 4.63. The Kier molecular flexibility index (Phi) is 3.20. The number of benzene rings is 2. The minimum Gasteiger partial charge on any atom is -0.361 e. The van der Waals surface area contributed by atoms with E-state index in [0.29, 0.717) is 16.3 Å². The molecule has 3 rings (SSSR count). The molecule has 0 aliphatic carbocycles. The molecule has 1 heterocycles. The van der Waals surface area contributed by atoms with Crippen molar-refractivity contribution >= 4 is 34.1 Å². The number of aromatic nitrogens is 1. The molecule has 100 valence electrons. The molecule has 0 bridgehead atoms. The third-order valence-electron chi connectivity index (χ3n) is 3.29. The van der Waals surface area contributed by atoms with Crippen molar-refractivity contribution in [3.8, 4) is 0 Å². The van der Waals surface area contributed by atoms with Crippen LogP contribution in [-0.4, -0.2) is 10.9 Å². The topological polar surface area (TPSA) is 44.9 Å². The maximum atomic E-state index is 12.4. The number of halogens is 1. The van der Waals surface area contributed by atoms with Crippen molar-refractivity contribution in [2.75, 3.05) is 5.32 Å². The molecule has 4 heteroatoms. The van der Waals surface area contributed by atoms with Crippen LogP contribution >= 0.6 is 11.6 Å². The fourth-order valence-electron chi connectivity index (χ4n) is 2.25. The van der Waals surface area contributed by atoms with Gasteiger partial charge in [-0.15, -0.1) is 0 Å². The molecule has 2 aromatic carbocycles. The predicted molar refractivity (Wildman–Crippen MR) is 82.4 cm³/mol. The number of carbonyl (C=O) groups is 1. The molecule has 20 heavy (non-hydrogen) atoms. The zero-order valence-corrected chi connectivity index (χ0v) is 11.7. The fourth-order valence-corrected chi connectivity index (χ4v) is 2.51. The Hall–Kier alpha value is -2.26. The molecule has 0 atom stereocenters. The minimum absolute atomic E-state index is 0.172. The quantitative estimate of drug-likeness (QED) is 0.720. The van der Waals surface area contributed by atoms with Gasteiger partial charge in [0.25, 0.3) is 5.91 Å². The van der Waals surface area contributed by atoms with E-state index in [2.05, 4.69) is 10.3 Å². The molecule has 0 aliphatic heterocycles. The lowest BCUT2D eigenvalue weighted by molar-refractivity contribution is 0.102. The molecule has 1 amide bonds. The Labute approximate surface area is 121 Å². The monoisotopic (exact) mass is 284 g/mol. The van der Waals surface area contributed by atoms with Gasteiger partial charge in [-0.25, -0.2) is 0 Å². The van der Waals surface area contributed by atoms with Gasteiger partial charge < -0.3 is 10.3 Å². The van der Waals surface area contributed by atoms with Crippen LogP contribution in [0.2, 0.25) is 5.02 Å². The zero-order chi connectivity index (χ0) is 14.1. The Balaban J connectivity index is 2.00. The molecule has 3 nitrogen and oxygen atoms in total. The molecule has 0 saturated carbocycles. The molecule has 1 aromatic heterocycles. The van der Waals surface area contributed by atoms with Gasteiger partial charge in [-0.2, -0.15) is 0 Å². The largest absolute Gasteiger partial charge is 0.361 e. The number of hydrogen-bond acceptors (Lipinski definition) is 1. The fraction of sp³-hybridized carbons (Fsp3) is 0.0625. The van der Waals surface area contributed by atoms with Crippen LogP contribution in [0.4, 0.5) is 5.69 Å². The van der Waals surface area contributed by atoms with Crippen molar-refractivity contribution in [2.24, 2.45) is 0 Å². The van der Waals surface area contributed by atoms with E-state index in [1.807, 2.05) is 43.5 Å². The van der Waals surface area contributed by atoms with Gasteiger partial charge in [-0.3, -0.25) is 4.79 Å². The summed E-state index contributed by atoms with van der Waals surface area (Å²) in [7, 11) is 0. The maximum absolute atomic E-state index is 12.4. The number of aromatic amines is 1. The molecule has 3 aromatic rings. The molecule has 0 unspecified atom stereocenters. The number of hydrogen-bond donors (Lipinski definition) is 2. The van der Waals surface area contributed by atoms with Crippen LogP contribution in [0, 0.1) is 6.92 Å². The Morgan fingerprint density at radius 3 is 2.75 bits per heavy atom. The van der Waals surface area contributed by atoms with Crippen molar-refractivity contribution < 1.29 is 4.79 Å². The standard InChI is InChI=1S/C16H13ClN2O/c1-10-4-2-7-13(17)14(10)19-16(20)12-6-3-5-11-8-9-18-15(11)12/h2-9,18H,1H3,(H,19,20). The smallest absolute Gasteiger partial charge is 0.257 e. The number of amides is 1. The SMILES string of the molecule is Cc1cccc(Cl)c1NC(=O)c1cccc2cc[nH]c12. The average Bonchev–Trinajstić information content (AvgIpc) is 2.91. The summed E-state index contributed by atoms with van der Waals surface area (Å²) in [5.41, 5.74) is 3.02. The summed E-state index contributed by atoms with van der Waals surface area (Å²) in [6.07, 6.45) is 1.82. The van der Waals surface area contributed by atoms with Crippen molar-refractivity contribution in [1.29, 1.82) is 0 Å². The highest BCUT2D eigenvalue weighted by Crippen LogP contribution is 2.26. The summed E-state index contributed by atoms with van der Waals surface area (Å²) in [6, 6.07) is 13.1. The van der Waals surface area contributed by atoms with Gasteiger partial charge in [-0.05, 0) is 30.7 Å². The maximum Gasteiger partial charge on any atom is 0.257 e. The number of carbonyl (C=O) groups excluding carboxylic acids is 1. The molecule has 0 spiro atoms. The zero-order valence-electron chi connectivity index (χ0n) is 10.9. The summed E-state index contributed by atoms with van der Waals surface area (Å²) in [4.78, 5) is 15.5. The van der Waals surface area contributed by atoms with Crippen LogP contribution < -0.4 is 5.32 Å². The van der Waals surface area contributed by atoms with Gasteiger partial charge in [0.05, 0.1) is 21.8 Å². The first kappa shape index (κ1) is 12.8. The molecular weight excluding hydrogens is 272 g/mol. The number of fused-ring (bicyclic) bond motifs is 1. The molecule has 0 fully saturated rings. The highest BCUT2D eigenvalue weighted by atomic mass is 35.5. The number of nitrogens with one attached hydrogen (secondary N) is 2. The molecular formula is C16H13ClN2O. The minimum atomic E-state index is -0.172. The van der Waals surface area contributed by atoms with E-state index in [1.165, 1.54) is 0 Å². The Morgan fingerprint density at radius 1 is 1.15 bits per heavy atom. The van der Waals surface area contributed by atoms with Gasteiger partial charge in [0.2, 0.25) is 0 Å². The van der Waals surface area contributed by atoms with E-state index in [-0.39, 0.29) is 5.91 Å². The molecule has 0 saturated heterocycles. The van der Waals surface area contributed by atoms with E-state index in [9.17, 15) is 4.79 Å². The number of para-hydroxylation sites is 2. The first-order valence-electron chi connectivity index (χ1n) is 6.29. The summed E-state index contributed by atoms with van der Waals surface area (Å²) < 4.78 is 0. The molecule has 0 aliphatic rings. The van der Waals surface area contributed by atoms with Gasteiger partial charge >= 0.3 is 0 Å². The lowest BCUT2D eigenvalue weighted by Gasteiger charge is -2.10. The van der Waals surface area contributed by atoms with Gasteiger partial charge in [0.15, 0.2) is 0 Å². The van der Waals surface area contributed by atoms with E-state index in [1.54, 1.807) is 12.1 Å². The lowest BCUT2D eigenvalue weighted by atomic mass is 10.1. The predicted octanol–water partition coefficient (Wildman–Crippen LogP) is 4.38. The second-order valence-corrected chi connectivity index (χ2v) is 5.04. The van der Waals surface area contributed by atoms with Crippen molar-refractivity contribution in [1.82, 2.24) is 4.98 Å². The average molecular weight is 285 g/mol. The van der Waals surface area contributed by atoms with Crippen LogP contribution in [0.25, 0.3) is 10.9 Å². The van der Waals surface area contributed by atoms with E-state index >= 15 is 0 Å². The van der Waals surface area contributed by atoms with Crippen LogP contribution in [0.15, 0.2) is 48.7 Å². The van der Waals surface area contributed by atoms with Gasteiger partial charge in [0, 0.05) is 11.6 Å². The number of rotatable bonds is 2. The normalized spacial score (nSPS) is 10.7. The van der Waals surface area contributed by atoms with Crippen LogP contribution in [0.5, 0.6) is 0 Å². The molecule has 0 radical (unpaired) electrons. The first-order chi connectivity index (χ1) is 9.66. The third kappa shape index (κ3) is 2.17. The number of H-pyrrole nitrogens is 1. The second kappa shape index (κ2) is 5.02. The summed E-state index contributed by atoms with van der Waals surface area (Å²) in [5, 5.41) is 4.43. The highest BCUT2D eigenvalue weighted by Gasteiger charge is 2.13. The summed E-state index contributed by atoms with van der Waals surface area (Å²) in [6.45, 7) is 1.91. The highest BCUT2D eigenvalue weighted by molar-refractivity contribution is 6.34. The van der Waals surface area contributed by atoms with Gasteiger partial charge in [0.1, 0.15) is 0 Å². The summed E-state index contributed by atoms with van der Waals surface area (Å²) in [5.74, 6) is -0.172. The summed E-state index contributed by atoms with van der Waals surface area (Å²) >= 11 is 6.14. The first-order valence-corrected chi connectivity index (χ1v) is 6.67. The third-order valence-corrected chi connectivity index (χ3v) is 3.61. The molecule has 2 N–H and O–H groups in total. The Bertz CT molecular complexity index is 772. The van der Waals surface area contributed by atoms with Crippen molar-refractivity contribution in [2.45, 2.75) is 6.92 Å². The number of anilines is 1. The van der Waals surface area contributed by atoms with Gasteiger partial charge in [-0.1, -0.05) is 35.9 Å². The van der Waals surface area contributed by atoms with Crippen molar-refractivity contribution in [3.05, 3.63) is 64.8 Å². The van der Waals surface area contributed by atoms with E-state index < -0.39 is 0 Å². The Morgan fingerprint density at radius 2 is 1.95 bits per heavy atom. The lowest BCUT2D eigenvalue weighted by Crippen LogP contribution is -2.13. The van der Waals surface area contributed by atoms with Crippen molar-refractivity contribution in [3.63, 3.8) is 0 Å².